The molecule has 1 rings (SSSR count). The average Bonchev–Trinajstić information content (AvgIpc) is 2.06. The van der Waals surface area contributed by atoms with E-state index in [9.17, 15) is 4.57 Å². The van der Waals surface area contributed by atoms with Gasteiger partial charge in [0.2, 0.25) is 7.37 Å². The molecule has 0 aromatic heterocycles. The van der Waals surface area contributed by atoms with Gasteiger partial charge in [-0.05, 0) is 0 Å². The molecule has 0 aliphatic carbocycles. The van der Waals surface area contributed by atoms with Crippen molar-refractivity contribution in [3.05, 3.63) is 0 Å². The van der Waals surface area contributed by atoms with Crippen LogP contribution in [-0.4, -0.2) is 39.2 Å². The quantitative estimate of drug-likeness (QED) is 0.587. The standard InChI is InChI=1S/C6H15N2O2P/c1-10-11(2,9)6-5-7-3-4-8-6/h6-8H,3-5H2,1-2H3. The van der Waals surface area contributed by atoms with E-state index in [-0.39, 0.29) is 5.78 Å². The van der Waals surface area contributed by atoms with Crippen molar-refractivity contribution < 1.29 is 9.09 Å². The van der Waals surface area contributed by atoms with E-state index < -0.39 is 7.37 Å². The zero-order chi connectivity index (χ0) is 8.32. The maximum atomic E-state index is 11.6. The molecule has 1 fully saturated rings. The van der Waals surface area contributed by atoms with Crippen molar-refractivity contribution in [1.82, 2.24) is 10.6 Å². The molecule has 1 heterocycles. The van der Waals surface area contributed by atoms with Crippen LogP contribution in [0.4, 0.5) is 0 Å². The van der Waals surface area contributed by atoms with E-state index in [0.29, 0.717) is 0 Å². The minimum absolute atomic E-state index is 0.0127. The number of piperazine rings is 1. The Labute approximate surface area is 67.1 Å². The van der Waals surface area contributed by atoms with Crippen molar-refractivity contribution in [2.75, 3.05) is 33.4 Å². The lowest BCUT2D eigenvalue weighted by atomic mass is 10.4. The molecular formula is C6H15N2O2P. The Balaban J connectivity index is 2.51. The number of hydrogen-bond acceptors (Lipinski definition) is 4. The van der Waals surface area contributed by atoms with Crippen LogP contribution in [0.1, 0.15) is 0 Å². The first kappa shape index (κ1) is 9.20. The van der Waals surface area contributed by atoms with E-state index in [0.717, 1.165) is 19.6 Å². The van der Waals surface area contributed by atoms with Gasteiger partial charge in [-0.25, -0.2) is 0 Å². The lowest BCUT2D eigenvalue weighted by Gasteiger charge is -2.28. The van der Waals surface area contributed by atoms with Gasteiger partial charge in [0.1, 0.15) is 0 Å². The van der Waals surface area contributed by atoms with Gasteiger partial charge in [0.15, 0.2) is 0 Å². The fraction of sp³-hybridized carbons (Fsp3) is 1.00. The first-order valence-corrected chi connectivity index (χ1v) is 5.88. The molecular weight excluding hydrogens is 163 g/mol. The molecule has 2 unspecified atom stereocenters. The van der Waals surface area contributed by atoms with E-state index in [4.69, 9.17) is 4.52 Å². The third kappa shape index (κ3) is 2.27. The molecule has 2 N–H and O–H groups in total. The van der Waals surface area contributed by atoms with Crippen LogP contribution in [0.2, 0.25) is 0 Å². The second-order valence-electron chi connectivity index (χ2n) is 2.77. The summed E-state index contributed by atoms with van der Waals surface area (Å²) in [5.41, 5.74) is 0. The molecule has 0 saturated carbocycles. The van der Waals surface area contributed by atoms with Crippen LogP contribution in [0.15, 0.2) is 0 Å². The van der Waals surface area contributed by atoms with Crippen molar-refractivity contribution in [2.24, 2.45) is 0 Å². The summed E-state index contributed by atoms with van der Waals surface area (Å²) in [6.45, 7) is 4.21. The Morgan fingerprint density at radius 1 is 1.55 bits per heavy atom. The first-order valence-electron chi connectivity index (χ1n) is 3.74. The van der Waals surface area contributed by atoms with Gasteiger partial charge in [0.25, 0.3) is 0 Å². The molecule has 11 heavy (non-hydrogen) atoms. The lowest BCUT2D eigenvalue weighted by molar-refractivity contribution is 0.365. The average molecular weight is 178 g/mol. The van der Waals surface area contributed by atoms with Crippen LogP contribution < -0.4 is 10.6 Å². The van der Waals surface area contributed by atoms with Crippen LogP contribution >= 0.6 is 7.37 Å². The monoisotopic (exact) mass is 178 g/mol. The minimum Gasteiger partial charge on any atom is -0.331 e. The van der Waals surface area contributed by atoms with Crippen molar-refractivity contribution in [2.45, 2.75) is 5.78 Å². The molecule has 66 valence electrons. The first-order chi connectivity index (χ1) is 5.17. The van der Waals surface area contributed by atoms with Gasteiger partial charge in [-0.15, -0.1) is 0 Å². The van der Waals surface area contributed by atoms with Gasteiger partial charge in [0.05, 0.1) is 5.78 Å². The van der Waals surface area contributed by atoms with Gasteiger partial charge in [0, 0.05) is 33.4 Å². The Morgan fingerprint density at radius 3 is 2.73 bits per heavy atom. The Kier molecular flexibility index (Phi) is 3.07. The van der Waals surface area contributed by atoms with Gasteiger partial charge in [-0.3, -0.25) is 4.57 Å². The summed E-state index contributed by atoms with van der Waals surface area (Å²) >= 11 is 0. The SMILES string of the molecule is COP(C)(=O)C1CNCCN1. The zero-order valence-electron chi connectivity index (χ0n) is 6.96. The number of rotatable bonds is 2. The molecule has 5 heteroatoms. The summed E-state index contributed by atoms with van der Waals surface area (Å²) in [5, 5.41) is 6.32. The van der Waals surface area contributed by atoms with Crippen LogP contribution in [0.5, 0.6) is 0 Å². The van der Waals surface area contributed by atoms with Gasteiger partial charge >= 0.3 is 0 Å². The molecule has 4 nitrogen and oxygen atoms in total. The molecule has 0 bridgehead atoms. The fourth-order valence-electron chi connectivity index (χ4n) is 1.10. The normalized spacial score (nSPS) is 31.3. The van der Waals surface area contributed by atoms with Crippen molar-refractivity contribution >= 4 is 7.37 Å². The third-order valence-corrected chi connectivity index (χ3v) is 4.17. The minimum atomic E-state index is -2.42. The summed E-state index contributed by atoms with van der Waals surface area (Å²) in [6, 6.07) is 0. The fourth-order valence-corrected chi connectivity index (χ4v) is 2.27. The Bertz CT molecular complexity index is 168. The maximum absolute atomic E-state index is 11.6. The van der Waals surface area contributed by atoms with E-state index in [1.165, 1.54) is 7.11 Å². The summed E-state index contributed by atoms with van der Waals surface area (Å²) in [4.78, 5) is 0. The van der Waals surface area contributed by atoms with Crippen LogP contribution in [0.25, 0.3) is 0 Å². The number of nitrogens with one attached hydrogen (secondary N) is 2. The Morgan fingerprint density at radius 2 is 2.27 bits per heavy atom. The largest absolute Gasteiger partial charge is 0.331 e. The molecule has 0 aromatic rings. The highest BCUT2D eigenvalue weighted by Gasteiger charge is 2.28. The Hall–Kier alpha value is 0.110. The predicted molar refractivity (Wildman–Crippen MR) is 45.2 cm³/mol. The van der Waals surface area contributed by atoms with Crippen molar-refractivity contribution in [3.63, 3.8) is 0 Å². The summed E-state index contributed by atoms with van der Waals surface area (Å²) < 4.78 is 16.5. The lowest BCUT2D eigenvalue weighted by Crippen LogP contribution is -2.47. The molecule has 1 saturated heterocycles. The highest BCUT2D eigenvalue weighted by atomic mass is 31.2. The number of hydrogen-bond donors (Lipinski definition) is 2. The molecule has 2 atom stereocenters. The smallest absolute Gasteiger partial charge is 0.217 e. The second-order valence-corrected chi connectivity index (χ2v) is 5.57. The van der Waals surface area contributed by atoms with Crippen molar-refractivity contribution in [1.29, 1.82) is 0 Å². The predicted octanol–water partition coefficient (Wildman–Crippen LogP) is 0.0596. The van der Waals surface area contributed by atoms with Crippen LogP contribution in [0.3, 0.4) is 0 Å². The highest BCUT2D eigenvalue weighted by Crippen LogP contribution is 2.45. The molecule has 0 spiro atoms. The van der Waals surface area contributed by atoms with E-state index >= 15 is 0 Å². The van der Waals surface area contributed by atoms with Crippen LogP contribution in [-0.2, 0) is 9.09 Å². The van der Waals surface area contributed by atoms with Crippen LogP contribution in [0, 0.1) is 0 Å². The topological polar surface area (TPSA) is 50.4 Å². The molecule has 0 aromatic carbocycles. The summed E-state index contributed by atoms with van der Waals surface area (Å²) in [6.07, 6.45) is 0. The zero-order valence-corrected chi connectivity index (χ0v) is 7.86. The summed E-state index contributed by atoms with van der Waals surface area (Å²) in [5.74, 6) is -0.0127. The van der Waals surface area contributed by atoms with Gasteiger partial charge in [-0.2, -0.15) is 0 Å². The van der Waals surface area contributed by atoms with Gasteiger partial charge < -0.3 is 15.2 Å². The maximum Gasteiger partial charge on any atom is 0.217 e. The summed E-state index contributed by atoms with van der Waals surface area (Å²) in [7, 11) is -0.925. The van der Waals surface area contributed by atoms with E-state index in [1.54, 1.807) is 6.66 Å². The second kappa shape index (κ2) is 3.68. The van der Waals surface area contributed by atoms with E-state index in [2.05, 4.69) is 10.6 Å². The molecule has 0 radical (unpaired) electrons. The molecule has 0 amide bonds. The molecule has 1 aliphatic rings. The van der Waals surface area contributed by atoms with Crippen molar-refractivity contribution in [3.8, 4) is 0 Å². The molecule has 1 aliphatic heterocycles. The van der Waals surface area contributed by atoms with Gasteiger partial charge in [-0.1, -0.05) is 0 Å². The van der Waals surface area contributed by atoms with E-state index in [1.807, 2.05) is 0 Å². The highest BCUT2D eigenvalue weighted by molar-refractivity contribution is 7.58. The third-order valence-electron chi connectivity index (χ3n) is 1.95.